The average molecular weight is 302 g/mol. The van der Waals surface area contributed by atoms with Gasteiger partial charge in [-0.05, 0) is 43.4 Å². The molecule has 1 aliphatic rings. The van der Waals surface area contributed by atoms with Crippen LogP contribution in [0.3, 0.4) is 0 Å². The van der Waals surface area contributed by atoms with Crippen LogP contribution in [-0.4, -0.2) is 17.0 Å². The zero-order valence-electron chi connectivity index (χ0n) is 12.3. The molecule has 0 fully saturated rings. The van der Waals surface area contributed by atoms with Crippen LogP contribution in [0.25, 0.3) is 0 Å². The van der Waals surface area contributed by atoms with E-state index < -0.39 is 0 Å². The lowest BCUT2D eigenvalue weighted by Gasteiger charge is -2.13. The van der Waals surface area contributed by atoms with Crippen LogP contribution in [0.1, 0.15) is 41.9 Å². The van der Waals surface area contributed by atoms with Gasteiger partial charge in [0.25, 0.3) is 0 Å². The third-order valence-electron chi connectivity index (χ3n) is 3.97. The van der Waals surface area contributed by atoms with Crippen molar-refractivity contribution in [1.82, 2.24) is 9.97 Å². The van der Waals surface area contributed by atoms with E-state index in [4.69, 9.17) is 21.6 Å². The van der Waals surface area contributed by atoms with Gasteiger partial charge in [0.05, 0.1) is 0 Å². The molecule has 3 nitrogen and oxygen atoms in total. The number of hydrogen-bond acceptors (Lipinski definition) is 3. The first-order valence-electron chi connectivity index (χ1n) is 7.57. The van der Waals surface area contributed by atoms with E-state index in [0.717, 1.165) is 41.5 Å². The zero-order valence-corrected chi connectivity index (χ0v) is 13.1. The topological polar surface area (TPSA) is 37.8 Å². The minimum absolute atomic E-state index is 0.725. The van der Waals surface area contributed by atoms with Gasteiger partial charge in [-0.1, -0.05) is 30.2 Å². The number of halogens is 1. The van der Waals surface area contributed by atoms with E-state index in [9.17, 15) is 0 Å². The number of nitrogens with one attached hydrogen (secondary N) is 1. The Balaban J connectivity index is 1.94. The van der Waals surface area contributed by atoms with Crippen molar-refractivity contribution in [2.75, 3.05) is 12.4 Å². The monoisotopic (exact) mass is 301 g/mol. The number of aryl methyl sites for hydroxylation is 1. The van der Waals surface area contributed by atoms with E-state index in [1.165, 1.54) is 30.5 Å². The SMILES string of the molecule is CNc1nc(Cc2cccc(Cl)c2)nc2c1CCCCC2. The third kappa shape index (κ3) is 3.35. The Hall–Kier alpha value is -1.61. The van der Waals surface area contributed by atoms with Gasteiger partial charge in [0.1, 0.15) is 11.6 Å². The molecule has 3 rings (SSSR count). The Labute approximate surface area is 130 Å². The standard InChI is InChI=1S/C17H20ClN3/c1-19-17-14-8-3-2-4-9-15(14)20-16(21-17)11-12-6-5-7-13(18)10-12/h5-7,10H,2-4,8-9,11H2,1H3,(H,19,20,21). The normalized spacial score (nSPS) is 14.4. The predicted molar refractivity (Wildman–Crippen MR) is 87.1 cm³/mol. The molecule has 0 spiro atoms. The fraction of sp³-hybridized carbons (Fsp3) is 0.412. The van der Waals surface area contributed by atoms with Crippen molar-refractivity contribution in [3.05, 3.63) is 51.9 Å². The summed E-state index contributed by atoms with van der Waals surface area (Å²) in [5.74, 6) is 1.88. The highest BCUT2D eigenvalue weighted by molar-refractivity contribution is 6.30. The maximum absolute atomic E-state index is 6.05. The van der Waals surface area contributed by atoms with E-state index in [0.29, 0.717) is 0 Å². The third-order valence-corrected chi connectivity index (χ3v) is 4.20. The van der Waals surface area contributed by atoms with Gasteiger partial charge >= 0.3 is 0 Å². The van der Waals surface area contributed by atoms with Crippen LogP contribution in [-0.2, 0) is 19.3 Å². The van der Waals surface area contributed by atoms with Crippen molar-refractivity contribution in [3.8, 4) is 0 Å². The molecular formula is C17H20ClN3. The lowest BCUT2D eigenvalue weighted by Crippen LogP contribution is -2.09. The number of rotatable bonds is 3. The number of benzene rings is 1. The molecule has 21 heavy (non-hydrogen) atoms. The van der Waals surface area contributed by atoms with Crippen molar-refractivity contribution >= 4 is 17.4 Å². The molecule has 0 unspecified atom stereocenters. The van der Waals surface area contributed by atoms with Crippen LogP contribution in [0, 0.1) is 0 Å². The van der Waals surface area contributed by atoms with Crippen LogP contribution < -0.4 is 5.32 Å². The summed E-state index contributed by atoms with van der Waals surface area (Å²) < 4.78 is 0. The van der Waals surface area contributed by atoms with Crippen LogP contribution >= 0.6 is 11.6 Å². The van der Waals surface area contributed by atoms with Crippen LogP contribution in [0.2, 0.25) is 5.02 Å². The second-order valence-electron chi connectivity index (χ2n) is 5.53. The van der Waals surface area contributed by atoms with Gasteiger partial charge in [-0.15, -0.1) is 0 Å². The molecule has 110 valence electrons. The molecular weight excluding hydrogens is 282 g/mol. The first-order valence-corrected chi connectivity index (χ1v) is 7.95. The Morgan fingerprint density at radius 3 is 2.81 bits per heavy atom. The van der Waals surface area contributed by atoms with Crippen molar-refractivity contribution in [2.45, 2.75) is 38.5 Å². The summed E-state index contributed by atoms with van der Waals surface area (Å²) in [6, 6.07) is 7.91. The second kappa shape index (κ2) is 6.44. The van der Waals surface area contributed by atoms with Crippen LogP contribution in [0.5, 0.6) is 0 Å². The fourth-order valence-electron chi connectivity index (χ4n) is 2.94. The summed E-state index contributed by atoms with van der Waals surface area (Å²) in [5, 5.41) is 4.00. The molecule has 1 aliphatic carbocycles. The molecule has 2 aromatic rings. The summed E-state index contributed by atoms with van der Waals surface area (Å²) >= 11 is 6.05. The fourth-order valence-corrected chi connectivity index (χ4v) is 3.15. The van der Waals surface area contributed by atoms with Gasteiger partial charge in [-0.3, -0.25) is 0 Å². The minimum Gasteiger partial charge on any atom is -0.373 e. The van der Waals surface area contributed by atoms with Gasteiger partial charge in [0.2, 0.25) is 0 Å². The van der Waals surface area contributed by atoms with Gasteiger partial charge in [0, 0.05) is 29.7 Å². The largest absolute Gasteiger partial charge is 0.373 e. The predicted octanol–water partition coefficient (Wildman–Crippen LogP) is 4.03. The Morgan fingerprint density at radius 1 is 1.14 bits per heavy atom. The number of fused-ring (bicyclic) bond motifs is 1. The van der Waals surface area contributed by atoms with E-state index >= 15 is 0 Å². The lowest BCUT2D eigenvalue weighted by molar-refractivity contribution is 0.708. The molecule has 1 aromatic carbocycles. The van der Waals surface area contributed by atoms with Gasteiger partial charge in [-0.25, -0.2) is 9.97 Å². The summed E-state index contributed by atoms with van der Waals surface area (Å²) in [5.41, 5.74) is 3.69. The number of anilines is 1. The molecule has 1 N–H and O–H groups in total. The Kier molecular flexibility index (Phi) is 4.39. The van der Waals surface area contributed by atoms with Crippen molar-refractivity contribution in [3.63, 3.8) is 0 Å². The molecule has 1 heterocycles. The van der Waals surface area contributed by atoms with E-state index in [1.54, 1.807) is 0 Å². The van der Waals surface area contributed by atoms with Gasteiger partial charge in [-0.2, -0.15) is 0 Å². The molecule has 0 amide bonds. The highest BCUT2D eigenvalue weighted by Gasteiger charge is 2.16. The summed E-state index contributed by atoms with van der Waals surface area (Å²) in [6.07, 6.45) is 6.62. The Morgan fingerprint density at radius 2 is 2.00 bits per heavy atom. The highest BCUT2D eigenvalue weighted by Crippen LogP contribution is 2.25. The van der Waals surface area contributed by atoms with Crippen molar-refractivity contribution in [2.24, 2.45) is 0 Å². The summed E-state index contributed by atoms with van der Waals surface area (Å²) in [4.78, 5) is 9.52. The first kappa shape index (κ1) is 14.3. The average Bonchev–Trinajstić information content (AvgIpc) is 2.71. The van der Waals surface area contributed by atoms with Crippen LogP contribution in [0.4, 0.5) is 5.82 Å². The molecule has 0 bridgehead atoms. The quantitative estimate of drug-likeness (QED) is 0.870. The Bertz CT molecular complexity index is 640. The molecule has 0 saturated heterocycles. The van der Waals surface area contributed by atoms with Gasteiger partial charge in [0.15, 0.2) is 0 Å². The molecule has 0 atom stereocenters. The molecule has 4 heteroatoms. The zero-order chi connectivity index (χ0) is 14.7. The minimum atomic E-state index is 0.725. The molecule has 0 aliphatic heterocycles. The maximum atomic E-state index is 6.05. The maximum Gasteiger partial charge on any atom is 0.135 e. The van der Waals surface area contributed by atoms with Crippen LogP contribution in [0.15, 0.2) is 24.3 Å². The first-order chi connectivity index (χ1) is 10.3. The van der Waals surface area contributed by atoms with E-state index in [2.05, 4.69) is 11.4 Å². The molecule has 0 radical (unpaired) electrons. The van der Waals surface area contributed by atoms with Gasteiger partial charge < -0.3 is 5.32 Å². The summed E-state index contributed by atoms with van der Waals surface area (Å²) in [6.45, 7) is 0. The number of hydrogen-bond donors (Lipinski definition) is 1. The number of aromatic nitrogens is 2. The van der Waals surface area contributed by atoms with E-state index in [1.807, 2.05) is 25.2 Å². The summed E-state index contributed by atoms with van der Waals surface area (Å²) in [7, 11) is 1.94. The number of nitrogens with zero attached hydrogens (tertiary/aromatic N) is 2. The highest BCUT2D eigenvalue weighted by atomic mass is 35.5. The van der Waals surface area contributed by atoms with Crippen molar-refractivity contribution < 1.29 is 0 Å². The molecule has 1 aromatic heterocycles. The lowest BCUT2D eigenvalue weighted by atomic mass is 10.1. The molecule has 0 saturated carbocycles. The second-order valence-corrected chi connectivity index (χ2v) is 5.97. The smallest absolute Gasteiger partial charge is 0.135 e. The van der Waals surface area contributed by atoms with E-state index in [-0.39, 0.29) is 0 Å². The van der Waals surface area contributed by atoms with Crippen molar-refractivity contribution in [1.29, 1.82) is 0 Å².